The quantitative estimate of drug-likeness (QED) is 0.502. The van der Waals surface area contributed by atoms with Crippen molar-refractivity contribution in [3.05, 3.63) is 88.6 Å². The number of sulfone groups is 1. The van der Waals surface area contributed by atoms with E-state index >= 15 is 0 Å². The Hall–Kier alpha value is -3.16. The predicted molar refractivity (Wildman–Crippen MR) is 121 cm³/mol. The van der Waals surface area contributed by atoms with Gasteiger partial charge >= 0.3 is 0 Å². The molecule has 156 valence electrons. The van der Waals surface area contributed by atoms with Crippen molar-refractivity contribution in [2.75, 3.05) is 5.32 Å². The Balaban J connectivity index is 1.50. The number of hydrogen-bond donors (Lipinski definition) is 1. The first-order chi connectivity index (χ1) is 14.9. The molecule has 0 saturated carbocycles. The smallest absolute Gasteiger partial charge is 0.229 e. The highest BCUT2D eigenvalue weighted by atomic mass is 35.5. The van der Waals surface area contributed by atoms with E-state index in [1.54, 1.807) is 28.9 Å². The van der Waals surface area contributed by atoms with Crippen LogP contribution in [-0.4, -0.2) is 24.1 Å². The molecule has 1 aliphatic heterocycles. The molecule has 1 amide bonds. The van der Waals surface area contributed by atoms with Crippen LogP contribution in [0.5, 0.6) is 0 Å². The third-order valence-corrected chi connectivity index (χ3v) is 7.04. The topological polar surface area (TPSA) is 81.1 Å². The summed E-state index contributed by atoms with van der Waals surface area (Å²) in [6.45, 7) is 0. The van der Waals surface area contributed by atoms with E-state index < -0.39 is 9.84 Å². The Morgan fingerprint density at radius 3 is 2.55 bits per heavy atom. The van der Waals surface area contributed by atoms with Crippen LogP contribution in [0.1, 0.15) is 16.8 Å². The lowest BCUT2D eigenvalue weighted by molar-refractivity contribution is -0.115. The van der Waals surface area contributed by atoms with Gasteiger partial charge in [-0.1, -0.05) is 54.1 Å². The summed E-state index contributed by atoms with van der Waals surface area (Å²) in [7, 11) is -3.26. The highest BCUT2D eigenvalue weighted by Crippen LogP contribution is 2.33. The normalized spacial score (nSPS) is 14.5. The van der Waals surface area contributed by atoms with Gasteiger partial charge in [0.2, 0.25) is 5.91 Å². The summed E-state index contributed by atoms with van der Waals surface area (Å²) >= 11 is 5.99. The molecule has 5 rings (SSSR count). The molecule has 0 saturated heterocycles. The number of anilines is 1. The van der Waals surface area contributed by atoms with Crippen LogP contribution >= 0.6 is 11.6 Å². The minimum Gasteiger partial charge on any atom is -0.310 e. The van der Waals surface area contributed by atoms with Gasteiger partial charge in [0.1, 0.15) is 5.82 Å². The molecule has 2 heterocycles. The standard InChI is InChI=1S/C23H18ClN3O3S/c24-17-8-10-18(11-9-17)27-23(20-13-31(29,30)14-21(20)26-27)25-22(28)12-16-6-3-5-15-4-1-2-7-19(15)16/h1-11H,12-14H2,(H,25,28). The maximum atomic E-state index is 13.0. The van der Waals surface area contributed by atoms with Crippen molar-refractivity contribution in [1.29, 1.82) is 0 Å². The Bertz CT molecular complexity index is 1420. The maximum Gasteiger partial charge on any atom is 0.229 e. The van der Waals surface area contributed by atoms with Gasteiger partial charge in [0.05, 0.1) is 29.3 Å². The van der Waals surface area contributed by atoms with Crippen molar-refractivity contribution in [3.63, 3.8) is 0 Å². The molecule has 0 spiro atoms. The van der Waals surface area contributed by atoms with Crippen LogP contribution in [0.2, 0.25) is 5.02 Å². The summed E-state index contributed by atoms with van der Waals surface area (Å²) in [6, 6.07) is 20.7. The van der Waals surface area contributed by atoms with Gasteiger partial charge < -0.3 is 5.32 Å². The number of benzene rings is 3. The average Bonchev–Trinajstić information content (AvgIpc) is 3.21. The number of halogens is 1. The van der Waals surface area contributed by atoms with Crippen molar-refractivity contribution in [1.82, 2.24) is 9.78 Å². The second-order valence-electron chi connectivity index (χ2n) is 7.56. The average molecular weight is 452 g/mol. The van der Waals surface area contributed by atoms with Crippen molar-refractivity contribution in [2.24, 2.45) is 0 Å². The monoisotopic (exact) mass is 451 g/mol. The van der Waals surface area contributed by atoms with Gasteiger partial charge in [-0.25, -0.2) is 13.1 Å². The van der Waals surface area contributed by atoms with E-state index in [1.165, 1.54) is 0 Å². The second kappa shape index (κ2) is 7.51. The van der Waals surface area contributed by atoms with E-state index in [4.69, 9.17) is 11.6 Å². The molecule has 3 aromatic carbocycles. The van der Waals surface area contributed by atoms with E-state index in [9.17, 15) is 13.2 Å². The van der Waals surface area contributed by atoms with Gasteiger partial charge in [-0.3, -0.25) is 4.79 Å². The molecule has 6 nitrogen and oxygen atoms in total. The number of carbonyl (C=O) groups is 1. The molecule has 1 N–H and O–H groups in total. The molecule has 0 radical (unpaired) electrons. The molecular weight excluding hydrogens is 434 g/mol. The van der Waals surface area contributed by atoms with E-state index in [2.05, 4.69) is 10.4 Å². The summed E-state index contributed by atoms with van der Waals surface area (Å²) in [6.07, 6.45) is 0.161. The van der Waals surface area contributed by atoms with Gasteiger partial charge in [-0.05, 0) is 40.6 Å². The van der Waals surface area contributed by atoms with Crippen LogP contribution in [0, 0.1) is 0 Å². The third-order valence-electron chi connectivity index (χ3n) is 5.35. The number of hydrogen-bond acceptors (Lipinski definition) is 4. The lowest BCUT2D eigenvalue weighted by atomic mass is 10.0. The highest BCUT2D eigenvalue weighted by molar-refractivity contribution is 7.90. The van der Waals surface area contributed by atoms with Crippen molar-refractivity contribution >= 4 is 43.9 Å². The number of amides is 1. The first-order valence-corrected chi connectivity index (χ1v) is 11.9. The van der Waals surface area contributed by atoms with Crippen LogP contribution in [0.25, 0.3) is 16.5 Å². The molecule has 31 heavy (non-hydrogen) atoms. The Labute approximate surface area is 184 Å². The minimum atomic E-state index is -3.26. The Kier molecular flexibility index (Phi) is 4.79. The van der Waals surface area contributed by atoms with Gasteiger partial charge in [0, 0.05) is 10.6 Å². The van der Waals surface area contributed by atoms with Gasteiger partial charge in [-0.2, -0.15) is 5.10 Å². The maximum absolute atomic E-state index is 13.0. The van der Waals surface area contributed by atoms with Crippen molar-refractivity contribution in [2.45, 2.75) is 17.9 Å². The van der Waals surface area contributed by atoms with Crippen LogP contribution in [-0.2, 0) is 32.6 Å². The van der Waals surface area contributed by atoms with E-state index in [1.807, 2.05) is 42.5 Å². The molecule has 1 aliphatic rings. The zero-order chi connectivity index (χ0) is 21.6. The first-order valence-electron chi connectivity index (χ1n) is 9.73. The molecule has 0 fully saturated rings. The fourth-order valence-corrected chi connectivity index (χ4v) is 5.56. The molecule has 1 aromatic heterocycles. The van der Waals surface area contributed by atoms with E-state index in [0.717, 1.165) is 16.3 Å². The van der Waals surface area contributed by atoms with Crippen molar-refractivity contribution in [3.8, 4) is 5.69 Å². The molecule has 8 heteroatoms. The van der Waals surface area contributed by atoms with Gasteiger partial charge in [0.25, 0.3) is 0 Å². The van der Waals surface area contributed by atoms with Crippen LogP contribution < -0.4 is 5.32 Å². The number of aromatic nitrogens is 2. The zero-order valence-electron chi connectivity index (χ0n) is 16.4. The summed E-state index contributed by atoms with van der Waals surface area (Å²) in [4.78, 5) is 13.0. The largest absolute Gasteiger partial charge is 0.310 e. The number of nitrogens with one attached hydrogen (secondary N) is 1. The second-order valence-corrected chi connectivity index (χ2v) is 10.1. The third kappa shape index (κ3) is 3.82. The fraction of sp³-hybridized carbons (Fsp3) is 0.130. The lowest BCUT2D eigenvalue weighted by Gasteiger charge is -2.12. The molecule has 4 aromatic rings. The molecule has 0 bridgehead atoms. The number of carbonyl (C=O) groups excluding carboxylic acids is 1. The van der Waals surface area contributed by atoms with Crippen LogP contribution in [0.4, 0.5) is 5.82 Å². The highest BCUT2D eigenvalue weighted by Gasteiger charge is 2.33. The number of nitrogens with zero attached hydrogens (tertiary/aromatic N) is 2. The summed E-state index contributed by atoms with van der Waals surface area (Å²) in [5.74, 6) is -0.114. The molecular formula is C23H18ClN3O3S. The van der Waals surface area contributed by atoms with Crippen molar-refractivity contribution < 1.29 is 13.2 Å². The lowest BCUT2D eigenvalue weighted by Crippen LogP contribution is -2.18. The Morgan fingerprint density at radius 2 is 1.74 bits per heavy atom. The molecule has 0 aliphatic carbocycles. The van der Waals surface area contributed by atoms with Gasteiger partial charge in [0.15, 0.2) is 9.84 Å². The Morgan fingerprint density at radius 1 is 1.00 bits per heavy atom. The molecule has 0 unspecified atom stereocenters. The number of fused-ring (bicyclic) bond motifs is 2. The van der Waals surface area contributed by atoms with Gasteiger partial charge in [-0.15, -0.1) is 0 Å². The SMILES string of the molecule is O=C(Cc1cccc2ccccc12)Nc1c2c(nn1-c1ccc(Cl)cc1)CS(=O)(=O)C2. The fourth-order valence-electron chi connectivity index (χ4n) is 3.94. The van der Waals surface area contributed by atoms with E-state index in [0.29, 0.717) is 27.8 Å². The molecule has 0 atom stereocenters. The predicted octanol–water partition coefficient (Wildman–Crippen LogP) is 4.29. The van der Waals surface area contributed by atoms with Crippen LogP contribution in [0.3, 0.4) is 0 Å². The van der Waals surface area contributed by atoms with E-state index in [-0.39, 0.29) is 23.8 Å². The minimum absolute atomic E-state index is 0.130. The number of rotatable bonds is 4. The zero-order valence-corrected chi connectivity index (χ0v) is 17.9. The first kappa shape index (κ1) is 19.8. The summed E-state index contributed by atoms with van der Waals surface area (Å²) in [5, 5.41) is 10.0. The van der Waals surface area contributed by atoms with Crippen LogP contribution in [0.15, 0.2) is 66.7 Å². The summed E-state index contributed by atoms with van der Waals surface area (Å²) in [5.41, 5.74) is 2.60. The summed E-state index contributed by atoms with van der Waals surface area (Å²) < 4.78 is 25.9.